The highest BCUT2D eigenvalue weighted by Gasteiger charge is 2.12. The van der Waals surface area contributed by atoms with Crippen molar-refractivity contribution in [3.8, 4) is 5.88 Å². The SMILES string of the molecule is COc1ncccc1C(=O)NCc1ccccc1N. The standard InChI is InChI=1S/C14H15N3O2/c1-19-14-11(6-4-8-16-14)13(18)17-9-10-5-2-3-7-12(10)15/h2-8H,9,15H2,1H3,(H,17,18). The largest absolute Gasteiger partial charge is 0.480 e. The fraction of sp³-hybridized carbons (Fsp3) is 0.143. The molecule has 2 aromatic rings. The summed E-state index contributed by atoms with van der Waals surface area (Å²) in [5, 5.41) is 2.79. The molecule has 0 saturated carbocycles. The Morgan fingerprint density at radius 1 is 1.32 bits per heavy atom. The lowest BCUT2D eigenvalue weighted by molar-refractivity contribution is 0.0947. The van der Waals surface area contributed by atoms with Gasteiger partial charge in [0, 0.05) is 18.4 Å². The van der Waals surface area contributed by atoms with Crippen molar-refractivity contribution in [3.63, 3.8) is 0 Å². The topological polar surface area (TPSA) is 77.2 Å². The van der Waals surface area contributed by atoms with Crippen LogP contribution in [0.2, 0.25) is 0 Å². The van der Waals surface area contributed by atoms with Gasteiger partial charge in [-0.1, -0.05) is 18.2 Å². The molecule has 1 amide bonds. The second-order valence-electron chi connectivity index (χ2n) is 3.94. The van der Waals surface area contributed by atoms with Crippen LogP contribution in [0.4, 0.5) is 5.69 Å². The van der Waals surface area contributed by atoms with Crippen LogP contribution >= 0.6 is 0 Å². The number of hydrogen-bond acceptors (Lipinski definition) is 4. The van der Waals surface area contributed by atoms with Crippen molar-refractivity contribution in [2.45, 2.75) is 6.54 Å². The van der Waals surface area contributed by atoms with E-state index in [0.29, 0.717) is 23.7 Å². The molecule has 1 aromatic carbocycles. The van der Waals surface area contributed by atoms with Crippen LogP contribution in [0.5, 0.6) is 5.88 Å². The van der Waals surface area contributed by atoms with Crippen LogP contribution in [0, 0.1) is 0 Å². The van der Waals surface area contributed by atoms with Gasteiger partial charge in [-0.2, -0.15) is 0 Å². The Hall–Kier alpha value is -2.56. The first-order valence-corrected chi connectivity index (χ1v) is 5.83. The lowest BCUT2D eigenvalue weighted by Gasteiger charge is -2.09. The van der Waals surface area contributed by atoms with Gasteiger partial charge < -0.3 is 15.8 Å². The number of benzene rings is 1. The summed E-state index contributed by atoms with van der Waals surface area (Å²) in [7, 11) is 1.48. The molecular formula is C14H15N3O2. The number of ether oxygens (including phenoxy) is 1. The number of carbonyl (C=O) groups excluding carboxylic acids is 1. The summed E-state index contributed by atoms with van der Waals surface area (Å²) >= 11 is 0. The van der Waals surface area contributed by atoms with E-state index in [0.717, 1.165) is 5.56 Å². The zero-order valence-corrected chi connectivity index (χ0v) is 10.6. The molecule has 0 aliphatic heterocycles. The lowest BCUT2D eigenvalue weighted by Crippen LogP contribution is -2.24. The number of hydrogen-bond donors (Lipinski definition) is 2. The van der Waals surface area contributed by atoms with Crippen molar-refractivity contribution in [2.75, 3.05) is 12.8 Å². The molecule has 0 bridgehead atoms. The zero-order chi connectivity index (χ0) is 13.7. The molecule has 0 fully saturated rings. The molecule has 2 rings (SSSR count). The van der Waals surface area contributed by atoms with Crippen molar-refractivity contribution in [3.05, 3.63) is 53.7 Å². The minimum Gasteiger partial charge on any atom is -0.480 e. The summed E-state index contributed by atoms with van der Waals surface area (Å²) < 4.78 is 5.05. The number of nitrogens with zero attached hydrogens (tertiary/aromatic N) is 1. The molecule has 1 aromatic heterocycles. The van der Waals surface area contributed by atoms with Crippen LogP contribution in [0.25, 0.3) is 0 Å². The monoisotopic (exact) mass is 257 g/mol. The van der Waals surface area contributed by atoms with Gasteiger partial charge in [-0.25, -0.2) is 4.98 Å². The van der Waals surface area contributed by atoms with Gasteiger partial charge in [-0.05, 0) is 23.8 Å². The molecular weight excluding hydrogens is 242 g/mol. The van der Waals surface area contributed by atoms with Gasteiger partial charge >= 0.3 is 0 Å². The van der Waals surface area contributed by atoms with Crippen LogP contribution in [0.15, 0.2) is 42.6 Å². The van der Waals surface area contributed by atoms with Crippen molar-refractivity contribution in [2.24, 2.45) is 0 Å². The van der Waals surface area contributed by atoms with Gasteiger partial charge in [0.2, 0.25) is 5.88 Å². The van der Waals surface area contributed by atoms with Crippen LogP contribution in [-0.2, 0) is 6.54 Å². The van der Waals surface area contributed by atoms with Gasteiger partial charge in [-0.3, -0.25) is 4.79 Å². The van der Waals surface area contributed by atoms with E-state index >= 15 is 0 Å². The Balaban J connectivity index is 2.08. The van der Waals surface area contributed by atoms with E-state index in [1.807, 2.05) is 18.2 Å². The Bertz CT molecular complexity index is 584. The molecule has 3 N–H and O–H groups in total. The van der Waals surface area contributed by atoms with Crippen LogP contribution < -0.4 is 15.8 Å². The summed E-state index contributed by atoms with van der Waals surface area (Å²) in [5.41, 5.74) is 7.74. The third-order valence-electron chi connectivity index (χ3n) is 2.70. The number of amides is 1. The predicted octanol–water partition coefficient (Wildman–Crippen LogP) is 1.60. The highest BCUT2D eigenvalue weighted by Crippen LogP contribution is 2.14. The molecule has 98 valence electrons. The Morgan fingerprint density at radius 3 is 2.84 bits per heavy atom. The quantitative estimate of drug-likeness (QED) is 0.816. The molecule has 0 radical (unpaired) electrons. The van der Waals surface area contributed by atoms with Crippen LogP contribution in [0.3, 0.4) is 0 Å². The number of methoxy groups -OCH3 is 1. The first-order chi connectivity index (χ1) is 9.22. The number of rotatable bonds is 4. The molecule has 0 aliphatic rings. The first kappa shape index (κ1) is 12.9. The number of aromatic nitrogens is 1. The Morgan fingerprint density at radius 2 is 2.11 bits per heavy atom. The van der Waals surface area contributed by atoms with E-state index in [-0.39, 0.29) is 5.91 Å². The fourth-order valence-corrected chi connectivity index (χ4v) is 1.69. The summed E-state index contributed by atoms with van der Waals surface area (Å²) in [6, 6.07) is 10.7. The van der Waals surface area contributed by atoms with Gasteiger partial charge in [0.25, 0.3) is 5.91 Å². The minimum absolute atomic E-state index is 0.242. The second kappa shape index (κ2) is 5.86. The Labute approximate surface area is 111 Å². The summed E-state index contributed by atoms with van der Waals surface area (Å²) in [4.78, 5) is 16.0. The third-order valence-corrected chi connectivity index (χ3v) is 2.70. The molecule has 5 nitrogen and oxygen atoms in total. The zero-order valence-electron chi connectivity index (χ0n) is 10.6. The van der Waals surface area contributed by atoms with E-state index in [9.17, 15) is 4.79 Å². The van der Waals surface area contributed by atoms with Crippen LogP contribution in [-0.4, -0.2) is 18.0 Å². The number of nitrogens with two attached hydrogens (primary N) is 1. The number of para-hydroxylation sites is 1. The fourth-order valence-electron chi connectivity index (χ4n) is 1.69. The lowest BCUT2D eigenvalue weighted by atomic mass is 10.1. The smallest absolute Gasteiger partial charge is 0.257 e. The third kappa shape index (κ3) is 3.01. The average molecular weight is 257 g/mol. The predicted molar refractivity (Wildman–Crippen MR) is 72.8 cm³/mol. The van der Waals surface area contributed by atoms with Crippen LogP contribution in [0.1, 0.15) is 15.9 Å². The van der Waals surface area contributed by atoms with E-state index in [1.54, 1.807) is 24.4 Å². The molecule has 0 atom stereocenters. The molecule has 0 aliphatic carbocycles. The maximum atomic E-state index is 12.0. The highest BCUT2D eigenvalue weighted by molar-refractivity contribution is 5.96. The molecule has 19 heavy (non-hydrogen) atoms. The molecule has 5 heteroatoms. The first-order valence-electron chi connectivity index (χ1n) is 5.83. The molecule has 0 unspecified atom stereocenters. The van der Waals surface area contributed by atoms with Crippen molar-refractivity contribution < 1.29 is 9.53 Å². The number of nitrogens with one attached hydrogen (secondary N) is 1. The minimum atomic E-state index is -0.242. The van der Waals surface area contributed by atoms with Gasteiger partial charge in [0.05, 0.1) is 7.11 Å². The summed E-state index contributed by atoms with van der Waals surface area (Å²) in [5.74, 6) is 0.0641. The van der Waals surface area contributed by atoms with Crippen molar-refractivity contribution >= 4 is 11.6 Å². The normalized spacial score (nSPS) is 9.95. The van der Waals surface area contributed by atoms with Crippen molar-refractivity contribution in [1.82, 2.24) is 10.3 Å². The van der Waals surface area contributed by atoms with Gasteiger partial charge in [-0.15, -0.1) is 0 Å². The van der Waals surface area contributed by atoms with E-state index in [4.69, 9.17) is 10.5 Å². The van der Waals surface area contributed by atoms with Gasteiger partial charge in [0.1, 0.15) is 5.56 Å². The Kier molecular flexibility index (Phi) is 3.97. The van der Waals surface area contributed by atoms with E-state index < -0.39 is 0 Å². The molecule has 0 spiro atoms. The van der Waals surface area contributed by atoms with Gasteiger partial charge in [0.15, 0.2) is 0 Å². The maximum Gasteiger partial charge on any atom is 0.257 e. The maximum absolute atomic E-state index is 12.0. The second-order valence-corrected chi connectivity index (χ2v) is 3.94. The van der Waals surface area contributed by atoms with E-state index in [1.165, 1.54) is 7.11 Å². The average Bonchev–Trinajstić information content (AvgIpc) is 2.46. The molecule has 0 saturated heterocycles. The number of nitrogen functional groups attached to an aromatic ring is 1. The highest BCUT2D eigenvalue weighted by atomic mass is 16.5. The number of carbonyl (C=O) groups is 1. The number of anilines is 1. The molecule has 1 heterocycles. The van der Waals surface area contributed by atoms with Crippen molar-refractivity contribution in [1.29, 1.82) is 0 Å². The summed E-state index contributed by atoms with van der Waals surface area (Å²) in [6.45, 7) is 0.365. The number of pyridine rings is 1. The van der Waals surface area contributed by atoms with E-state index in [2.05, 4.69) is 10.3 Å². The summed E-state index contributed by atoms with van der Waals surface area (Å²) in [6.07, 6.45) is 1.57.